The minimum atomic E-state index is -0.952. The van der Waals surface area contributed by atoms with E-state index in [2.05, 4.69) is 37.2 Å². The number of benzene rings is 2. The Kier molecular flexibility index (Phi) is 6.76. The molecule has 1 fully saturated rings. The number of phenols is 1. The van der Waals surface area contributed by atoms with Crippen LogP contribution < -0.4 is 15.0 Å². The van der Waals surface area contributed by atoms with Crippen molar-refractivity contribution in [3.8, 4) is 11.5 Å². The maximum absolute atomic E-state index is 13.1. The summed E-state index contributed by atoms with van der Waals surface area (Å²) in [6.07, 6.45) is 1.27. The van der Waals surface area contributed by atoms with Gasteiger partial charge in [0, 0.05) is 4.47 Å². The molecular weight excluding hydrogens is 567 g/mol. The molecule has 0 saturated carbocycles. The van der Waals surface area contributed by atoms with Crippen molar-refractivity contribution in [2.24, 2.45) is 0 Å². The van der Waals surface area contributed by atoms with Gasteiger partial charge in [0.25, 0.3) is 11.8 Å². The van der Waals surface area contributed by atoms with E-state index in [1.165, 1.54) is 30.3 Å². The Balaban J connectivity index is 2.13. The van der Waals surface area contributed by atoms with Crippen LogP contribution in [0.5, 0.6) is 11.5 Å². The maximum Gasteiger partial charge on any atom is 0.336 e. The lowest BCUT2D eigenvalue weighted by molar-refractivity contribution is -0.122. The largest absolute Gasteiger partial charge is 0.503 e. The maximum atomic E-state index is 13.1. The number of nitrogens with zero attached hydrogens (tertiary/aromatic N) is 1. The average molecular weight is 579 g/mol. The Morgan fingerprint density at radius 1 is 1.20 bits per heavy atom. The van der Waals surface area contributed by atoms with Gasteiger partial charge in [0.15, 0.2) is 11.5 Å². The molecule has 7 nitrogen and oxygen atoms in total. The highest BCUT2D eigenvalue weighted by atomic mass is 79.9. The molecule has 2 aromatic carbocycles. The predicted molar refractivity (Wildman–Crippen MR) is 120 cm³/mol. The first-order chi connectivity index (χ1) is 14.2. The molecule has 0 bridgehead atoms. The number of amides is 4. The van der Waals surface area contributed by atoms with Crippen LogP contribution in [0.15, 0.2) is 38.8 Å². The number of ether oxygens (including phenoxy) is 1. The van der Waals surface area contributed by atoms with E-state index >= 15 is 0 Å². The molecule has 3 rings (SSSR count). The number of carbonyl (C=O) groups is 3. The first kappa shape index (κ1) is 22.6. The van der Waals surface area contributed by atoms with Crippen molar-refractivity contribution in [3.05, 3.63) is 54.4 Å². The molecule has 2 N–H and O–H groups in total. The van der Waals surface area contributed by atoms with Gasteiger partial charge in [0.1, 0.15) is 5.57 Å². The summed E-state index contributed by atoms with van der Waals surface area (Å²) in [5, 5.41) is 12.4. The van der Waals surface area contributed by atoms with Crippen LogP contribution in [0.1, 0.15) is 12.5 Å². The highest BCUT2D eigenvalue weighted by Gasteiger charge is 2.38. The van der Waals surface area contributed by atoms with Gasteiger partial charge in [-0.1, -0.05) is 29.3 Å². The standard InChI is InChI=1S/C19H12Br2Cl2N2O5/c1-2-30-12-7-8(13(20)14(21)16(12)26)6-9-17(27)24-19(29)25(18(9)28)11-5-3-4-10(22)15(11)23/h3-7,26H,2H2,1H3,(H,24,27,29)/b9-6+. The fourth-order valence-corrected chi connectivity index (χ4v) is 3.90. The molecule has 30 heavy (non-hydrogen) atoms. The Morgan fingerprint density at radius 2 is 1.90 bits per heavy atom. The minimum Gasteiger partial charge on any atom is -0.503 e. The highest BCUT2D eigenvalue weighted by Crippen LogP contribution is 2.43. The number of carbonyl (C=O) groups excluding carboxylic acids is 3. The molecule has 1 heterocycles. The highest BCUT2D eigenvalue weighted by molar-refractivity contribution is 9.13. The topological polar surface area (TPSA) is 95.9 Å². The van der Waals surface area contributed by atoms with Crippen LogP contribution in [0.4, 0.5) is 10.5 Å². The summed E-state index contributed by atoms with van der Waals surface area (Å²) in [4.78, 5) is 38.5. The fourth-order valence-electron chi connectivity index (χ4n) is 2.68. The zero-order valence-electron chi connectivity index (χ0n) is 15.1. The normalized spacial score (nSPS) is 15.6. The number of phenolic OH excluding ortho intramolecular Hbond substituents is 1. The second kappa shape index (κ2) is 8.97. The summed E-state index contributed by atoms with van der Waals surface area (Å²) < 4.78 is 6.03. The van der Waals surface area contributed by atoms with Crippen molar-refractivity contribution in [2.75, 3.05) is 11.5 Å². The molecule has 0 radical (unpaired) electrons. The van der Waals surface area contributed by atoms with E-state index in [0.717, 1.165) is 4.90 Å². The van der Waals surface area contributed by atoms with E-state index in [4.69, 9.17) is 27.9 Å². The molecule has 1 aliphatic heterocycles. The quantitative estimate of drug-likeness (QED) is 0.380. The van der Waals surface area contributed by atoms with Gasteiger partial charge in [-0.25, -0.2) is 9.69 Å². The summed E-state index contributed by atoms with van der Waals surface area (Å²) in [5.41, 5.74) is 0.0607. The van der Waals surface area contributed by atoms with Gasteiger partial charge in [0.2, 0.25) is 0 Å². The molecule has 0 aromatic heterocycles. The number of rotatable bonds is 4. The molecule has 2 aromatic rings. The van der Waals surface area contributed by atoms with Gasteiger partial charge in [-0.15, -0.1) is 0 Å². The molecule has 1 saturated heterocycles. The molecule has 1 aliphatic rings. The fraction of sp³-hybridized carbons (Fsp3) is 0.105. The average Bonchev–Trinajstić information content (AvgIpc) is 2.69. The molecule has 0 aliphatic carbocycles. The Labute approximate surface area is 197 Å². The number of halogens is 4. The van der Waals surface area contributed by atoms with Crippen molar-refractivity contribution in [1.82, 2.24) is 5.32 Å². The molecule has 0 unspecified atom stereocenters. The Bertz CT molecular complexity index is 1120. The third-order valence-electron chi connectivity index (χ3n) is 4.05. The van der Waals surface area contributed by atoms with Crippen LogP contribution in [0, 0.1) is 0 Å². The summed E-state index contributed by atoms with van der Waals surface area (Å²) in [5.74, 6) is -1.77. The summed E-state index contributed by atoms with van der Waals surface area (Å²) in [6.45, 7) is 2.02. The Morgan fingerprint density at radius 3 is 2.57 bits per heavy atom. The van der Waals surface area contributed by atoms with Crippen LogP contribution in [0.25, 0.3) is 6.08 Å². The van der Waals surface area contributed by atoms with E-state index in [9.17, 15) is 19.5 Å². The van der Waals surface area contributed by atoms with Gasteiger partial charge < -0.3 is 9.84 Å². The number of nitrogens with one attached hydrogen (secondary N) is 1. The van der Waals surface area contributed by atoms with E-state index < -0.39 is 17.8 Å². The molecule has 4 amide bonds. The van der Waals surface area contributed by atoms with Gasteiger partial charge in [-0.3, -0.25) is 14.9 Å². The van der Waals surface area contributed by atoms with Crippen LogP contribution in [-0.4, -0.2) is 29.6 Å². The number of hydrogen-bond acceptors (Lipinski definition) is 5. The number of barbiturate groups is 1. The van der Waals surface area contributed by atoms with E-state index in [-0.39, 0.29) is 43.9 Å². The van der Waals surface area contributed by atoms with E-state index in [1.54, 1.807) is 6.92 Å². The number of imide groups is 2. The van der Waals surface area contributed by atoms with Gasteiger partial charge in [-0.2, -0.15) is 0 Å². The first-order valence-electron chi connectivity index (χ1n) is 8.36. The second-order valence-electron chi connectivity index (χ2n) is 5.90. The number of urea groups is 1. The lowest BCUT2D eigenvalue weighted by atomic mass is 10.1. The predicted octanol–water partition coefficient (Wildman–Crippen LogP) is 5.29. The number of hydrogen-bond donors (Lipinski definition) is 2. The van der Waals surface area contributed by atoms with Crippen LogP contribution in [-0.2, 0) is 9.59 Å². The molecule has 0 atom stereocenters. The molecule has 11 heteroatoms. The lowest BCUT2D eigenvalue weighted by Crippen LogP contribution is -2.54. The van der Waals surface area contributed by atoms with Gasteiger partial charge in [0.05, 0.1) is 26.8 Å². The van der Waals surface area contributed by atoms with Crippen molar-refractivity contribution in [1.29, 1.82) is 0 Å². The molecule has 0 spiro atoms. The minimum absolute atomic E-state index is 0.0106. The Hall–Kier alpha value is -2.07. The van der Waals surface area contributed by atoms with Crippen LogP contribution in [0.2, 0.25) is 10.0 Å². The van der Waals surface area contributed by atoms with Crippen molar-refractivity contribution < 1.29 is 24.2 Å². The number of anilines is 1. The van der Waals surface area contributed by atoms with Crippen molar-refractivity contribution >= 4 is 84.7 Å². The second-order valence-corrected chi connectivity index (χ2v) is 8.28. The summed E-state index contributed by atoms with van der Waals surface area (Å²) in [6, 6.07) is 4.95. The smallest absolute Gasteiger partial charge is 0.336 e. The van der Waals surface area contributed by atoms with E-state index in [1.807, 2.05) is 0 Å². The molecular formula is C19H12Br2Cl2N2O5. The number of aromatic hydroxyl groups is 1. The van der Waals surface area contributed by atoms with Crippen molar-refractivity contribution in [2.45, 2.75) is 6.92 Å². The third-order valence-corrected chi connectivity index (χ3v) is 7.01. The third kappa shape index (κ3) is 4.07. The summed E-state index contributed by atoms with van der Waals surface area (Å²) in [7, 11) is 0. The lowest BCUT2D eigenvalue weighted by Gasteiger charge is -2.27. The SMILES string of the molecule is CCOc1cc(/C=C2\C(=O)NC(=O)N(c3cccc(Cl)c3Cl)C2=O)c(Br)c(Br)c1O. The summed E-state index contributed by atoms with van der Waals surface area (Å²) >= 11 is 18.7. The van der Waals surface area contributed by atoms with Crippen molar-refractivity contribution in [3.63, 3.8) is 0 Å². The van der Waals surface area contributed by atoms with Gasteiger partial charge >= 0.3 is 6.03 Å². The van der Waals surface area contributed by atoms with Crippen LogP contribution in [0.3, 0.4) is 0 Å². The van der Waals surface area contributed by atoms with Crippen LogP contribution >= 0.6 is 55.1 Å². The van der Waals surface area contributed by atoms with E-state index in [0.29, 0.717) is 10.0 Å². The zero-order valence-corrected chi connectivity index (χ0v) is 19.8. The zero-order chi connectivity index (χ0) is 22.2. The molecule has 156 valence electrons. The monoisotopic (exact) mass is 576 g/mol. The first-order valence-corrected chi connectivity index (χ1v) is 10.7. The van der Waals surface area contributed by atoms with Gasteiger partial charge in [-0.05, 0) is 68.6 Å².